The van der Waals surface area contributed by atoms with E-state index in [1.54, 1.807) is 18.2 Å². The van der Waals surface area contributed by atoms with Crippen LogP contribution >= 0.6 is 0 Å². The second-order valence-electron chi connectivity index (χ2n) is 6.11. The van der Waals surface area contributed by atoms with Gasteiger partial charge in [0.15, 0.2) is 11.5 Å². The Morgan fingerprint density at radius 3 is 2.32 bits per heavy atom. The third-order valence-corrected chi connectivity index (χ3v) is 3.62. The van der Waals surface area contributed by atoms with Gasteiger partial charge in [-0.3, -0.25) is 4.79 Å². The summed E-state index contributed by atoms with van der Waals surface area (Å²) in [4.78, 5) is 12.3. The highest BCUT2D eigenvalue weighted by Crippen LogP contribution is 2.29. The number of carbonyl (C=O) groups excluding carboxylic acids is 1. The molecule has 0 saturated carbocycles. The number of hydrogen-bond acceptors (Lipinski definition) is 6. The van der Waals surface area contributed by atoms with E-state index in [-0.39, 0.29) is 12.0 Å². The van der Waals surface area contributed by atoms with E-state index in [4.69, 9.17) is 18.9 Å². The lowest BCUT2D eigenvalue weighted by atomic mass is 10.2. The first-order valence-electron chi connectivity index (χ1n) is 8.96. The molecule has 150 valence electrons. The van der Waals surface area contributed by atoms with Crippen molar-refractivity contribution in [1.82, 2.24) is 5.43 Å². The maximum absolute atomic E-state index is 12.3. The quantitative estimate of drug-likeness (QED) is 0.526. The molecular weight excluding hydrogens is 360 g/mol. The number of hydrazone groups is 1. The summed E-state index contributed by atoms with van der Waals surface area (Å²) in [6.45, 7) is 6.33. The molecule has 1 N–H and O–H groups in total. The number of ether oxygens (including phenoxy) is 4. The summed E-state index contributed by atoms with van der Waals surface area (Å²) in [5.41, 5.74) is 3.64. The van der Waals surface area contributed by atoms with Gasteiger partial charge in [-0.2, -0.15) is 5.10 Å². The van der Waals surface area contributed by atoms with Crippen LogP contribution in [0.2, 0.25) is 0 Å². The molecule has 0 unspecified atom stereocenters. The van der Waals surface area contributed by atoms with Crippen LogP contribution in [0.3, 0.4) is 0 Å². The van der Waals surface area contributed by atoms with Crippen molar-refractivity contribution in [3.63, 3.8) is 0 Å². The van der Waals surface area contributed by atoms with Gasteiger partial charge in [-0.1, -0.05) is 0 Å². The third-order valence-electron chi connectivity index (χ3n) is 3.62. The average Bonchev–Trinajstić information content (AvgIpc) is 2.69. The molecule has 7 heteroatoms. The normalized spacial score (nSPS) is 10.8. The van der Waals surface area contributed by atoms with Crippen LogP contribution in [0.4, 0.5) is 0 Å². The monoisotopic (exact) mass is 386 g/mol. The molecule has 0 radical (unpaired) electrons. The molecular formula is C21H26N2O5. The summed E-state index contributed by atoms with van der Waals surface area (Å²) in [7, 11) is 3.05. The molecule has 0 heterocycles. The number of amides is 1. The first kappa shape index (κ1) is 21.1. The van der Waals surface area contributed by atoms with Crippen molar-refractivity contribution in [3.05, 3.63) is 47.5 Å². The molecule has 0 spiro atoms. The molecule has 2 aromatic carbocycles. The maximum Gasteiger partial charge on any atom is 0.271 e. The van der Waals surface area contributed by atoms with Crippen LogP contribution in [0.15, 0.2) is 41.5 Å². The van der Waals surface area contributed by atoms with Crippen LogP contribution in [0, 0.1) is 0 Å². The first-order chi connectivity index (χ1) is 13.5. The van der Waals surface area contributed by atoms with Gasteiger partial charge in [-0.15, -0.1) is 0 Å². The summed E-state index contributed by atoms with van der Waals surface area (Å²) in [5, 5.41) is 4.02. The van der Waals surface area contributed by atoms with Crippen LogP contribution in [0.1, 0.15) is 36.7 Å². The fourth-order valence-electron chi connectivity index (χ4n) is 2.39. The number of carbonyl (C=O) groups is 1. The summed E-state index contributed by atoms with van der Waals surface area (Å²) in [5.74, 6) is 1.97. The SMILES string of the molecule is CCOc1cc(/C=N\NC(=O)c2cc(OC)cc(OC)c2)ccc1OC(C)C. The zero-order valence-electron chi connectivity index (χ0n) is 16.8. The fourth-order valence-corrected chi connectivity index (χ4v) is 2.39. The van der Waals surface area contributed by atoms with Crippen molar-refractivity contribution in [2.24, 2.45) is 5.10 Å². The largest absolute Gasteiger partial charge is 0.497 e. The van der Waals surface area contributed by atoms with E-state index in [0.29, 0.717) is 35.2 Å². The number of rotatable bonds is 9. The second kappa shape index (κ2) is 10.2. The summed E-state index contributed by atoms with van der Waals surface area (Å²) in [6, 6.07) is 10.4. The number of methoxy groups -OCH3 is 2. The molecule has 2 rings (SSSR count). The lowest BCUT2D eigenvalue weighted by molar-refractivity contribution is 0.0954. The van der Waals surface area contributed by atoms with E-state index in [2.05, 4.69) is 10.5 Å². The van der Waals surface area contributed by atoms with Gasteiger partial charge in [-0.25, -0.2) is 5.43 Å². The fraction of sp³-hybridized carbons (Fsp3) is 0.333. The van der Waals surface area contributed by atoms with Gasteiger partial charge in [0.05, 0.1) is 33.1 Å². The Morgan fingerprint density at radius 2 is 1.75 bits per heavy atom. The summed E-state index contributed by atoms with van der Waals surface area (Å²) < 4.78 is 21.7. The number of nitrogens with zero attached hydrogens (tertiary/aromatic N) is 1. The molecule has 0 fully saturated rings. The molecule has 0 bridgehead atoms. The van der Waals surface area contributed by atoms with Gasteiger partial charge in [0, 0.05) is 11.6 Å². The van der Waals surface area contributed by atoms with Gasteiger partial charge < -0.3 is 18.9 Å². The van der Waals surface area contributed by atoms with Gasteiger partial charge in [0.25, 0.3) is 5.91 Å². The average molecular weight is 386 g/mol. The zero-order chi connectivity index (χ0) is 20.5. The Hall–Kier alpha value is -3.22. The topological polar surface area (TPSA) is 78.4 Å². The van der Waals surface area contributed by atoms with E-state index in [0.717, 1.165) is 5.56 Å². The Kier molecular flexibility index (Phi) is 7.68. The standard InChI is InChI=1S/C21H26N2O5/c1-6-27-20-9-15(7-8-19(20)28-14(2)3)13-22-23-21(24)16-10-17(25-4)12-18(11-16)26-5/h7-14H,6H2,1-5H3,(H,23,24)/b22-13-. The summed E-state index contributed by atoms with van der Waals surface area (Å²) in [6.07, 6.45) is 1.58. The molecule has 0 aliphatic rings. The minimum atomic E-state index is -0.377. The molecule has 0 aliphatic carbocycles. The van der Waals surface area contributed by atoms with Crippen molar-refractivity contribution < 1.29 is 23.7 Å². The van der Waals surface area contributed by atoms with E-state index in [1.165, 1.54) is 20.4 Å². The molecule has 0 atom stereocenters. The Morgan fingerprint density at radius 1 is 1.07 bits per heavy atom. The van der Waals surface area contributed by atoms with Crippen molar-refractivity contribution in [2.75, 3.05) is 20.8 Å². The molecule has 7 nitrogen and oxygen atoms in total. The van der Waals surface area contributed by atoms with Crippen LogP contribution < -0.4 is 24.4 Å². The van der Waals surface area contributed by atoms with Gasteiger partial charge in [0.1, 0.15) is 11.5 Å². The molecule has 0 aromatic heterocycles. The van der Waals surface area contributed by atoms with Crippen molar-refractivity contribution in [1.29, 1.82) is 0 Å². The van der Waals surface area contributed by atoms with Crippen molar-refractivity contribution >= 4 is 12.1 Å². The van der Waals surface area contributed by atoms with Gasteiger partial charge in [0.2, 0.25) is 0 Å². The molecule has 2 aromatic rings. The Bertz CT molecular complexity index is 811. The number of benzene rings is 2. The molecule has 1 amide bonds. The van der Waals surface area contributed by atoms with E-state index < -0.39 is 0 Å². The minimum absolute atomic E-state index is 0.0397. The predicted molar refractivity (Wildman–Crippen MR) is 108 cm³/mol. The highest BCUT2D eigenvalue weighted by atomic mass is 16.5. The molecule has 28 heavy (non-hydrogen) atoms. The Balaban J connectivity index is 2.11. The van der Waals surface area contributed by atoms with Crippen molar-refractivity contribution in [2.45, 2.75) is 26.9 Å². The lowest BCUT2D eigenvalue weighted by Crippen LogP contribution is -2.17. The lowest BCUT2D eigenvalue weighted by Gasteiger charge is -2.14. The van der Waals surface area contributed by atoms with Crippen molar-refractivity contribution in [3.8, 4) is 23.0 Å². The maximum atomic E-state index is 12.3. The van der Waals surface area contributed by atoms with Gasteiger partial charge >= 0.3 is 0 Å². The number of hydrogen-bond donors (Lipinski definition) is 1. The van der Waals surface area contributed by atoms with Crippen LogP contribution in [0.5, 0.6) is 23.0 Å². The highest BCUT2D eigenvalue weighted by molar-refractivity contribution is 5.95. The van der Waals surface area contributed by atoms with Gasteiger partial charge in [-0.05, 0) is 56.7 Å². The molecule has 0 saturated heterocycles. The van der Waals surface area contributed by atoms with E-state index in [1.807, 2.05) is 39.0 Å². The predicted octanol–water partition coefficient (Wildman–Crippen LogP) is 3.65. The highest BCUT2D eigenvalue weighted by Gasteiger charge is 2.10. The molecule has 0 aliphatic heterocycles. The Labute approximate surface area is 165 Å². The minimum Gasteiger partial charge on any atom is -0.497 e. The van der Waals surface area contributed by atoms with Crippen LogP contribution in [-0.2, 0) is 0 Å². The van der Waals surface area contributed by atoms with Crippen LogP contribution in [-0.4, -0.2) is 39.1 Å². The van der Waals surface area contributed by atoms with Crippen LogP contribution in [0.25, 0.3) is 0 Å². The van der Waals surface area contributed by atoms with E-state index >= 15 is 0 Å². The summed E-state index contributed by atoms with van der Waals surface area (Å²) >= 11 is 0. The second-order valence-corrected chi connectivity index (χ2v) is 6.11. The zero-order valence-corrected chi connectivity index (χ0v) is 16.8. The first-order valence-corrected chi connectivity index (χ1v) is 8.96. The van der Waals surface area contributed by atoms with E-state index in [9.17, 15) is 4.79 Å². The smallest absolute Gasteiger partial charge is 0.271 e. The third kappa shape index (κ3) is 5.90. The number of nitrogens with one attached hydrogen (secondary N) is 1.